The minimum Gasteiger partial charge on any atom is -0.497 e. The molecule has 0 saturated carbocycles. The highest BCUT2D eigenvalue weighted by atomic mass is 32.2. The first-order valence-electron chi connectivity index (χ1n) is 10.7. The summed E-state index contributed by atoms with van der Waals surface area (Å²) in [6.45, 7) is 2.12. The van der Waals surface area contributed by atoms with Gasteiger partial charge in [0.2, 0.25) is 5.78 Å². The molecule has 0 fully saturated rings. The van der Waals surface area contributed by atoms with E-state index in [-0.39, 0.29) is 11.5 Å². The van der Waals surface area contributed by atoms with E-state index in [1.807, 2.05) is 24.3 Å². The number of nitrogens with zero attached hydrogens (tertiary/aromatic N) is 9. The Balaban J connectivity index is 1.68. The van der Waals surface area contributed by atoms with Crippen LogP contribution >= 0.6 is 0 Å². The third kappa shape index (κ3) is 4.09. The van der Waals surface area contributed by atoms with Crippen molar-refractivity contribution >= 4 is 16.0 Å². The van der Waals surface area contributed by atoms with Crippen molar-refractivity contribution in [1.82, 2.24) is 42.4 Å². The van der Waals surface area contributed by atoms with Crippen LogP contribution in [0.4, 0.5) is 4.39 Å². The zero-order valence-electron chi connectivity index (χ0n) is 19.9. The van der Waals surface area contributed by atoms with Crippen molar-refractivity contribution in [3.63, 3.8) is 0 Å². The lowest BCUT2D eigenvalue weighted by molar-refractivity contribution is 0.414. The highest BCUT2D eigenvalue weighted by molar-refractivity contribution is 7.87. The molecule has 14 heteroatoms. The van der Waals surface area contributed by atoms with Gasteiger partial charge in [-0.3, -0.25) is 4.40 Å². The van der Waals surface area contributed by atoms with Gasteiger partial charge in [-0.05, 0) is 24.6 Å². The Kier molecular flexibility index (Phi) is 5.76. The Morgan fingerprint density at radius 2 is 1.83 bits per heavy atom. The number of rotatable bonds is 7. The van der Waals surface area contributed by atoms with Gasteiger partial charge in [0, 0.05) is 14.1 Å². The lowest BCUT2D eigenvalue weighted by Gasteiger charge is -2.10. The molecular weight excluding hydrogens is 489 g/mol. The average molecular weight is 512 g/mol. The number of fused-ring (bicyclic) bond motifs is 1. The Labute approximate surface area is 205 Å². The molecule has 5 aromatic rings. The van der Waals surface area contributed by atoms with Crippen LogP contribution in [0.25, 0.3) is 28.7 Å². The molecule has 12 nitrogen and oxygen atoms in total. The third-order valence-electron chi connectivity index (χ3n) is 5.46. The van der Waals surface area contributed by atoms with Crippen LogP contribution in [-0.4, -0.2) is 72.0 Å². The summed E-state index contributed by atoms with van der Waals surface area (Å²) in [6.07, 6.45) is 4.78. The zero-order valence-corrected chi connectivity index (χ0v) is 20.7. The number of aromatic nitrogens is 8. The van der Waals surface area contributed by atoms with E-state index in [9.17, 15) is 12.8 Å². The summed E-state index contributed by atoms with van der Waals surface area (Å²) in [5, 5.41) is 4.52. The van der Waals surface area contributed by atoms with Crippen LogP contribution in [0.15, 0.2) is 49.2 Å². The molecule has 0 aliphatic heterocycles. The second-order valence-corrected chi connectivity index (χ2v) is 10.2. The predicted molar refractivity (Wildman–Crippen MR) is 128 cm³/mol. The van der Waals surface area contributed by atoms with E-state index in [2.05, 4.69) is 25.0 Å². The van der Waals surface area contributed by atoms with Gasteiger partial charge < -0.3 is 4.74 Å². The van der Waals surface area contributed by atoms with Crippen molar-refractivity contribution in [3.05, 3.63) is 66.4 Å². The minimum atomic E-state index is -3.81. The molecular formula is C22H22FN9O3S. The summed E-state index contributed by atoms with van der Waals surface area (Å²) < 4.78 is 49.8. The van der Waals surface area contributed by atoms with Gasteiger partial charge >= 0.3 is 10.2 Å². The van der Waals surface area contributed by atoms with Gasteiger partial charge in [-0.1, -0.05) is 12.1 Å². The lowest BCUT2D eigenvalue weighted by atomic mass is 10.2. The van der Waals surface area contributed by atoms with E-state index >= 15 is 0 Å². The Bertz CT molecular complexity index is 1670. The molecule has 36 heavy (non-hydrogen) atoms. The summed E-state index contributed by atoms with van der Waals surface area (Å²) >= 11 is 0. The molecule has 0 unspecified atom stereocenters. The molecule has 0 N–H and O–H groups in total. The largest absolute Gasteiger partial charge is 0.497 e. The van der Waals surface area contributed by atoms with E-state index in [1.165, 1.54) is 37.2 Å². The smallest absolute Gasteiger partial charge is 0.308 e. The quantitative estimate of drug-likeness (QED) is 0.325. The Morgan fingerprint density at radius 1 is 1.08 bits per heavy atom. The first-order chi connectivity index (χ1) is 17.2. The fourth-order valence-corrected chi connectivity index (χ4v) is 4.48. The van der Waals surface area contributed by atoms with Gasteiger partial charge in [-0.2, -0.15) is 17.8 Å². The van der Waals surface area contributed by atoms with Gasteiger partial charge in [0.15, 0.2) is 11.6 Å². The average Bonchev–Trinajstić information content (AvgIpc) is 3.56. The number of benzene rings is 1. The molecule has 0 saturated heterocycles. The van der Waals surface area contributed by atoms with E-state index in [0.29, 0.717) is 29.6 Å². The standard InChI is InChI=1S/C22H22FN9O3S/c1-14-26-21(32(28-14)10-15-5-7-17(35-4)8-6-15)19-20(31-11-16(23)9-24-22(31)27-19)18-12-30(13-25-18)36(33,34)29(2)3/h5-9,11-13H,10H2,1-4H3. The van der Waals surface area contributed by atoms with E-state index in [4.69, 9.17) is 4.74 Å². The fraction of sp³-hybridized carbons (Fsp3) is 0.227. The summed E-state index contributed by atoms with van der Waals surface area (Å²) in [4.78, 5) is 17.5. The molecule has 4 heterocycles. The maximum Gasteiger partial charge on any atom is 0.308 e. The number of hydrogen-bond acceptors (Lipinski definition) is 8. The maximum atomic E-state index is 14.2. The van der Waals surface area contributed by atoms with Crippen LogP contribution in [-0.2, 0) is 16.8 Å². The molecule has 0 amide bonds. The van der Waals surface area contributed by atoms with Gasteiger partial charge in [0.1, 0.15) is 35.0 Å². The monoisotopic (exact) mass is 511 g/mol. The molecule has 186 valence electrons. The van der Waals surface area contributed by atoms with Crippen molar-refractivity contribution < 1.29 is 17.5 Å². The second kappa shape index (κ2) is 8.80. The van der Waals surface area contributed by atoms with Crippen LogP contribution in [0.1, 0.15) is 11.4 Å². The Morgan fingerprint density at radius 3 is 2.53 bits per heavy atom. The van der Waals surface area contributed by atoms with Crippen LogP contribution in [0.5, 0.6) is 5.75 Å². The van der Waals surface area contributed by atoms with E-state index in [1.54, 1.807) is 18.7 Å². The van der Waals surface area contributed by atoms with Gasteiger partial charge in [0.05, 0.1) is 32.2 Å². The van der Waals surface area contributed by atoms with Crippen molar-refractivity contribution in [1.29, 1.82) is 0 Å². The molecule has 0 aliphatic carbocycles. The molecule has 0 radical (unpaired) electrons. The maximum absolute atomic E-state index is 14.2. The molecule has 0 atom stereocenters. The predicted octanol–water partition coefficient (Wildman–Crippen LogP) is 2.01. The van der Waals surface area contributed by atoms with Crippen molar-refractivity contribution in [2.24, 2.45) is 0 Å². The van der Waals surface area contributed by atoms with E-state index in [0.717, 1.165) is 25.8 Å². The molecule has 5 rings (SSSR count). The molecule has 0 bridgehead atoms. The summed E-state index contributed by atoms with van der Waals surface area (Å²) in [5.74, 6) is 1.23. The SMILES string of the molecule is COc1ccc(Cn2nc(C)nc2-c2nc3ncc(F)cn3c2-c2cn(S(=O)(=O)N(C)C)cn2)cc1. The molecule has 4 aromatic heterocycles. The van der Waals surface area contributed by atoms with Gasteiger partial charge in [-0.25, -0.2) is 33.0 Å². The third-order valence-corrected chi connectivity index (χ3v) is 7.12. The molecule has 0 aliphatic rings. The van der Waals surface area contributed by atoms with Crippen LogP contribution in [0.3, 0.4) is 0 Å². The van der Waals surface area contributed by atoms with Gasteiger partial charge in [-0.15, -0.1) is 0 Å². The highest BCUT2D eigenvalue weighted by Gasteiger charge is 2.26. The second-order valence-electron chi connectivity index (χ2n) is 8.12. The summed E-state index contributed by atoms with van der Waals surface area (Å²) in [7, 11) is 0.616. The number of hydrogen-bond donors (Lipinski definition) is 0. The van der Waals surface area contributed by atoms with Crippen molar-refractivity contribution in [2.45, 2.75) is 13.5 Å². The molecule has 0 spiro atoms. The number of halogens is 1. The highest BCUT2D eigenvalue weighted by Crippen LogP contribution is 2.31. The Hall–Kier alpha value is -4.17. The summed E-state index contributed by atoms with van der Waals surface area (Å²) in [6, 6.07) is 7.52. The van der Waals surface area contributed by atoms with Crippen molar-refractivity contribution in [3.8, 4) is 28.7 Å². The first-order valence-corrected chi connectivity index (χ1v) is 12.1. The van der Waals surface area contributed by atoms with Crippen LogP contribution in [0, 0.1) is 12.7 Å². The summed E-state index contributed by atoms with van der Waals surface area (Å²) in [5.41, 5.74) is 1.84. The topological polar surface area (TPSA) is 125 Å². The minimum absolute atomic E-state index is 0.197. The van der Waals surface area contributed by atoms with Crippen LogP contribution in [0.2, 0.25) is 0 Å². The number of ether oxygens (including phenoxy) is 1. The van der Waals surface area contributed by atoms with Crippen LogP contribution < -0.4 is 4.74 Å². The number of imidazole rings is 2. The zero-order chi connectivity index (χ0) is 25.6. The van der Waals surface area contributed by atoms with E-state index < -0.39 is 16.0 Å². The van der Waals surface area contributed by atoms with Crippen molar-refractivity contribution in [2.75, 3.05) is 21.2 Å². The fourth-order valence-electron chi connectivity index (χ4n) is 3.70. The van der Waals surface area contributed by atoms with Gasteiger partial charge in [0.25, 0.3) is 0 Å². The first kappa shape index (κ1) is 23.6. The molecule has 1 aromatic carbocycles. The number of aryl methyl sites for hydroxylation is 1. The normalized spacial score (nSPS) is 12.1. The number of methoxy groups -OCH3 is 1. The lowest BCUT2D eigenvalue weighted by Crippen LogP contribution is -2.27.